The zero-order valence-electron chi connectivity index (χ0n) is 17.9. The van der Waals surface area contributed by atoms with E-state index in [2.05, 4.69) is 25.8 Å². The first-order valence-corrected chi connectivity index (χ1v) is 9.77. The SMILES string of the molecule is COC[C@H](C)N=C(N=C1CC(c2ccc(F)cc2)=NN1)NC(=O)c1ccc(OC)cc1F. The van der Waals surface area contributed by atoms with Crippen LogP contribution in [0.5, 0.6) is 5.75 Å². The van der Waals surface area contributed by atoms with Gasteiger partial charge in [-0.3, -0.25) is 15.5 Å². The van der Waals surface area contributed by atoms with Crippen molar-refractivity contribution in [1.29, 1.82) is 0 Å². The zero-order chi connectivity index (χ0) is 23.1. The van der Waals surface area contributed by atoms with Crippen molar-refractivity contribution in [2.45, 2.75) is 19.4 Å². The summed E-state index contributed by atoms with van der Waals surface area (Å²) in [5.74, 6) is -1.10. The van der Waals surface area contributed by atoms with Crippen LogP contribution in [0.2, 0.25) is 0 Å². The van der Waals surface area contributed by atoms with Crippen molar-refractivity contribution < 1.29 is 23.0 Å². The van der Waals surface area contributed by atoms with Crippen molar-refractivity contribution in [3.63, 3.8) is 0 Å². The maximum absolute atomic E-state index is 14.3. The Hall–Kier alpha value is -3.66. The summed E-state index contributed by atoms with van der Waals surface area (Å²) in [6, 6.07) is 9.51. The van der Waals surface area contributed by atoms with Gasteiger partial charge in [-0.25, -0.2) is 13.8 Å². The Labute approximate surface area is 184 Å². The maximum Gasteiger partial charge on any atom is 0.260 e. The van der Waals surface area contributed by atoms with Gasteiger partial charge in [0.25, 0.3) is 5.91 Å². The second-order valence-electron chi connectivity index (χ2n) is 6.97. The Morgan fingerprint density at radius 1 is 1.22 bits per heavy atom. The number of methoxy groups -OCH3 is 2. The van der Waals surface area contributed by atoms with E-state index in [0.29, 0.717) is 30.3 Å². The third-order valence-corrected chi connectivity index (χ3v) is 4.47. The Morgan fingerprint density at radius 2 is 1.97 bits per heavy atom. The number of carbonyl (C=O) groups is 1. The minimum atomic E-state index is -0.736. The molecule has 10 heteroatoms. The van der Waals surface area contributed by atoms with Gasteiger partial charge in [-0.2, -0.15) is 10.1 Å². The number of guanidine groups is 1. The van der Waals surface area contributed by atoms with E-state index in [1.54, 1.807) is 19.1 Å². The highest BCUT2D eigenvalue weighted by atomic mass is 19.1. The van der Waals surface area contributed by atoms with E-state index in [4.69, 9.17) is 9.47 Å². The summed E-state index contributed by atoms with van der Waals surface area (Å²) < 4.78 is 37.5. The lowest BCUT2D eigenvalue weighted by atomic mass is 10.1. The summed E-state index contributed by atoms with van der Waals surface area (Å²) in [5.41, 5.74) is 3.99. The molecule has 0 unspecified atom stereocenters. The van der Waals surface area contributed by atoms with Crippen molar-refractivity contribution in [1.82, 2.24) is 10.7 Å². The summed E-state index contributed by atoms with van der Waals surface area (Å²) in [6.45, 7) is 2.08. The number of halogens is 2. The molecule has 2 aromatic rings. The first-order chi connectivity index (χ1) is 15.4. The average molecular weight is 443 g/mol. The molecule has 2 aromatic carbocycles. The predicted molar refractivity (Wildman–Crippen MR) is 117 cm³/mol. The van der Waals surface area contributed by atoms with E-state index in [1.165, 1.54) is 38.5 Å². The van der Waals surface area contributed by atoms with Crippen LogP contribution in [0.4, 0.5) is 8.78 Å². The van der Waals surface area contributed by atoms with Crippen LogP contribution in [0.3, 0.4) is 0 Å². The number of hydrazone groups is 1. The number of amides is 1. The Morgan fingerprint density at radius 3 is 2.62 bits per heavy atom. The highest BCUT2D eigenvalue weighted by Gasteiger charge is 2.19. The molecule has 0 radical (unpaired) electrons. The molecule has 8 nitrogen and oxygen atoms in total. The topological polar surface area (TPSA) is 96.7 Å². The lowest BCUT2D eigenvalue weighted by Gasteiger charge is -2.10. The van der Waals surface area contributed by atoms with Gasteiger partial charge in [0.15, 0.2) is 0 Å². The van der Waals surface area contributed by atoms with Gasteiger partial charge in [0, 0.05) is 13.2 Å². The second-order valence-corrected chi connectivity index (χ2v) is 6.97. The fourth-order valence-electron chi connectivity index (χ4n) is 2.92. The number of hydrogen-bond donors (Lipinski definition) is 2. The number of nitrogens with one attached hydrogen (secondary N) is 2. The highest BCUT2D eigenvalue weighted by molar-refractivity contribution is 6.18. The first kappa shape index (κ1) is 23.0. The molecule has 0 saturated carbocycles. The molecule has 0 aromatic heterocycles. The van der Waals surface area contributed by atoms with Crippen LogP contribution in [-0.2, 0) is 4.74 Å². The van der Waals surface area contributed by atoms with Crippen LogP contribution in [0.1, 0.15) is 29.3 Å². The summed E-state index contributed by atoms with van der Waals surface area (Å²) in [4.78, 5) is 21.4. The summed E-state index contributed by atoms with van der Waals surface area (Å²) >= 11 is 0. The molecule has 0 bridgehead atoms. The van der Waals surface area contributed by atoms with Crippen molar-refractivity contribution in [3.8, 4) is 5.75 Å². The molecule has 168 valence electrons. The number of aliphatic imine (C=N–C) groups is 2. The van der Waals surface area contributed by atoms with E-state index in [9.17, 15) is 13.6 Å². The van der Waals surface area contributed by atoms with Crippen molar-refractivity contribution >= 4 is 23.4 Å². The minimum absolute atomic E-state index is 0.0205. The molecule has 1 heterocycles. The molecule has 2 N–H and O–H groups in total. The van der Waals surface area contributed by atoms with Crippen molar-refractivity contribution in [3.05, 3.63) is 65.2 Å². The number of hydrogen-bond acceptors (Lipinski definition) is 5. The van der Waals surface area contributed by atoms with Gasteiger partial charge >= 0.3 is 0 Å². The molecule has 0 aliphatic carbocycles. The van der Waals surface area contributed by atoms with Crippen molar-refractivity contribution in [2.24, 2.45) is 15.1 Å². The number of rotatable bonds is 6. The Bertz CT molecular complexity index is 1070. The molecule has 0 fully saturated rings. The van der Waals surface area contributed by atoms with E-state index in [-0.39, 0.29) is 23.4 Å². The molecule has 3 rings (SSSR count). The smallest absolute Gasteiger partial charge is 0.260 e. The molecule has 1 atom stereocenters. The molecule has 32 heavy (non-hydrogen) atoms. The Kier molecular flexibility index (Phi) is 7.61. The van der Waals surface area contributed by atoms with Gasteiger partial charge < -0.3 is 9.47 Å². The second kappa shape index (κ2) is 10.6. The van der Waals surface area contributed by atoms with Gasteiger partial charge in [-0.1, -0.05) is 12.1 Å². The maximum atomic E-state index is 14.3. The number of benzene rings is 2. The molecule has 1 amide bonds. The van der Waals surface area contributed by atoms with E-state index in [0.717, 1.165) is 11.6 Å². The third-order valence-electron chi connectivity index (χ3n) is 4.47. The number of ether oxygens (including phenoxy) is 2. The van der Waals surface area contributed by atoms with Crippen LogP contribution in [-0.4, -0.2) is 50.3 Å². The van der Waals surface area contributed by atoms with Gasteiger partial charge in [-0.15, -0.1) is 0 Å². The third kappa shape index (κ3) is 5.94. The van der Waals surface area contributed by atoms with E-state index >= 15 is 0 Å². The molecule has 0 spiro atoms. The molecular formula is C22H23F2N5O3. The highest BCUT2D eigenvalue weighted by Crippen LogP contribution is 2.16. The van der Waals surface area contributed by atoms with Crippen molar-refractivity contribution in [2.75, 3.05) is 20.8 Å². The quantitative estimate of drug-likeness (QED) is 0.530. The van der Waals surface area contributed by atoms with Gasteiger partial charge in [0.1, 0.15) is 23.2 Å². The lowest BCUT2D eigenvalue weighted by molar-refractivity contribution is 0.0972. The fraction of sp³-hybridized carbons (Fsp3) is 0.273. The zero-order valence-corrected chi connectivity index (χ0v) is 17.9. The largest absolute Gasteiger partial charge is 0.497 e. The van der Waals surface area contributed by atoms with Gasteiger partial charge in [-0.05, 0) is 36.8 Å². The molecule has 0 saturated heterocycles. The van der Waals surface area contributed by atoms with Gasteiger partial charge in [0.05, 0.1) is 37.5 Å². The van der Waals surface area contributed by atoms with Crippen LogP contribution in [0.25, 0.3) is 0 Å². The number of carbonyl (C=O) groups excluding carboxylic acids is 1. The monoisotopic (exact) mass is 443 g/mol. The van der Waals surface area contributed by atoms with Crippen LogP contribution in [0.15, 0.2) is 57.6 Å². The van der Waals surface area contributed by atoms with Gasteiger partial charge in [0.2, 0.25) is 5.96 Å². The summed E-state index contributed by atoms with van der Waals surface area (Å²) in [6.07, 6.45) is 0.316. The first-order valence-electron chi connectivity index (χ1n) is 9.77. The lowest BCUT2D eigenvalue weighted by Crippen LogP contribution is -2.33. The minimum Gasteiger partial charge on any atom is -0.497 e. The molecular weight excluding hydrogens is 420 g/mol. The molecule has 1 aliphatic heterocycles. The van der Waals surface area contributed by atoms with Crippen LogP contribution in [0, 0.1) is 11.6 Å². The predicted octanol–water partition coefficient (Wildman–Crippen LogP) is 2.89. The normalized spacial score (nSPS) is 15.8. The molecule has 1 aliphatic rings. The standard InChI is InChI=1S/C22H23F2N5O3/c1-13(12-31-2)25-22(27-21(30)17-9-8-16(32-3)10-18(17)24)26-20-11-19(28-29-20)14-4-6-15(23)7-5-14/h4-10,13H,11-12H2,1-3H3,(H2,25,26,27,29,30)/t13-/m0/s1. The fourth-order valence-corrected chi connectivity index (χ4v) is 2.92. The average Bonchev–Trinajstić information content (AvgIpc) is 3.22. The Balaban J connectivity index is 1.79. The van der Waals surface area contributed by atoms with E-state index in [1.807, 2.05) is 0 Å². The number of nitrogens with zero attached hydrogens (tertiary/aromatic N) is 3. The van der Waals surface area contributed by atoms with Crippen LogP contribution < -0.4 is 15.5 Å². The summed E-state index contributed by atoms with van der Waals surface area (Å²) in [5, 5.41) is 6.74. The number of amidine groups is 1. The van der Waals surface area contributed by atoms with Crippen LogP contribution >= 0.6 is 0 Å². The van der Waals surface area contributed by atoms with E-state index < -0.39 is 11.7 Å². The summed E-state index contributed by atoms with van der Waals surface area (Å²) in [7, 11) is 2.94.